The summed E-state index contributed by atoms with van der Waals surface area (Å²) in [7, 11) is 0. The number of aryl methyl sites for hydroxylation is 1. The maximum Gasteiger partial charge on any atom is 0.261 e. The Labute approximate surface area is 204 Å². The Kier molecular flexibility index (Phi) is 6.30. The van der Waals surface area contributed by atoms with E-state index >= 15 is 0 Å². The van der Waals surface area contributed by atoms with Gasteiger partial charge >= 0.3 is 0 Å². The average molecular weight is 467 g/mol. The molecule has 7 nitrogen and oxygen atoms in total. The van der Waals surface area contributed by atoms with Crippen LogP contribution in [-0.4, -0.2) is 48.0 Å². The number of benzene rings is 3. The van der Waals surface area contributed by atoms with Crippen LogP contribution in [0.5, 0.6) is 0 Å². The van der Waals surface area contributed by atoms with E-state index in [0.717, 1.165) is 24.3 Å². The Bertz CT molecular complexity index is 1330. The molecule has 35 heavy (non-hydrogen) atoms. The molecule has 176 valence electrons. The monoisotopic (exact) mass is 466 g/mol. The van der Waals surface area contributed by atoms with Gasteiger partial charge in [0.05, 0.1) is 11.3 Å². The first-order valence-corrected chi connectivity index (χ1v) is 11.6. The number of rotatable bonds is 5. The molecule has 1 N–H and O–H groups in total. The smallest absolute Gasteiger partial charge is 0.261 e. The van der Waals surface area contributed by atoms with E-state index in [-0.39, 0.29) is 11.8 Å². The van der Waals surface area contributed by atoms with Crippen LogP contribution in [0.25, 0.3) is 11.3 Å². The summed E-state index contributed by atoms with van der Waals surface area (Å²) >= 11 is 0. The highest BCUT2D eigenvalue weighted by Crippen LogP contribution is 2.27. The topological polar surface area (TPSA) is 78.7 Å². The van der Waals surface area contributed by atoms with Crippen molar-refractivity contribution in [2.24, 2.45) is 0 Å². The number of carbonyl (C=O) groups excluding carboxylic acids is 2. The third-order valence-electron chi connectivity index (χ3n) is 6.23. The number of amides is 2. The summed E-state index contributed by atoms with van der Waals surface area (Å²) in [5.41, 5.74) is 3.70. The highest BCUT2D eigenvalue weighted by atomic mass is 16.5. The summed E-state index contributed by atoms with van der Waals surface area (Å²) in [5.74, 6) is -0.0436. The lowest BCUT2D eigenvalue weighted by atomic mass is 10.0. The number of aromatic nitrogens is 1. The number of para-hydroxylation sites is 2. The first-order chi connectivity index (χ1) is 17.1. The summed E-state index contributed by atoms with van der Waals surface area (Å²) in [6.45, 7) is 4.44. The molecular weight excluding hydrogens is 440 g/mol. The van der Waals surface area contributed by atoms with E-state index in [1.54, 1.807) is 25.1 Å². The molecule has 0 aliphatic carbocycles. The molecule has 2 heterocycles. The van der Waals surface area contributed by atoms with E-state index < -0.39 is 0 Å². The third-order valence-corrected chi connectivity index (χ3v) is 6.23. The summed E-state index contributed by atoms with van der Waals surface area (Å²) in [6.07, 6.45) is 0. The molecule has 4 aromatic rings. The van der Waals surface area contributed by atoms with Gasteiger partial charge in [0.2, 0.25) is 0 Å². The fourth-order valence-corrected chi connectivity index (χ4v) is 4.37. The predicted octanol–water partition coefficient (Wildman–Crippen LogP) is 4.86. The quantitative estimate of drug-likeness (QED) is 0.454. The maximum atomic E-state index is 13.4. The molecule has 0 spiro atoms. The van der Waals surface area contributed by atoms with Crippen molar-refractivity contribution in [1.29, 1.82) is 0 Å². The molecule has 0 atom stereocenters. The molecule has 0 unspecified atom stereocenters. The van der Waals surface area contributed by atoms with E-state index in [0.29, 0.717) is 41.4 Å². The molecule has 0 radical (unpaired) electrons. The minimum atomic E-state index is -0.364. The highest BCUT2D eigenvalue weighted by molar-refractivity contribution is 6.11. The fraction of sp³-hybridized carbons (Fsp3) is 0.179. The van der Waals surface area contributed by atoms with Crippen molar-refractivity contribution in [1.82, 2.24) is 10.1 Å². The molecule has 2 amide bonds. The first kappa shape index (κ1) is 22.4. The minimum Gasteiger partial charge on any atom is -0.368 e. The summed E-state index contributed by atoms with van der Waals surface area (Å²) in [4.78, 5) is 30.8. The van der Waals surface area contributed by atoms with Crippen molar-refractivity contribution in [2.45, 2.75) is 6.92 Å². The van der Waals surface area contributed by atoms with Gasteiger partial charge in [0.1, 0.15) is 17.0 Å². The lowest BCUT2D eigenvalue weighted by Gasteiger charge is -2.36. The zero-order valence-corrected chi connectivity index (χ0v) is 19.5. The van der Waals surface area contributed by atoms with Crippen LogP contribution in [-0.2, 0) is 0 Å². The summed E-state index contributed by atoms with van der Waals surface area (Å²) in [5, 5.41) is 7.02. The van der Waals surface area contributed by atoms with Gasteiger partial charge in [-0.05, 0) is 31.2 Å². The van der Waals surface area contributed by atoms with E-state index in [2.05, 4.69) is 27.5 Å². The van der Waals surface area contributed by atoms with E-state index in [1.807, 2.05) is 59.5 Å². The van der Waals surface area contributed by atoms with Gasteiger partial charge in [-0.1, -0.05) is 65.8 Å². The molecule has 0 bridgehead atoms. The Hall–Kier alpha value is -4.39. The van der Waals surface area contributed by atoms with Gasteiger partial charge < -0.3 is 19.6 Å². The zero-order chi connectivity index (χ0) is 24.2. The van der Waals surface area contributed by atoms with Crippen LogP contribution in [0.4, 0.5) is 11.4 Å². The van der Waals surface area contributed by atoms with Gasteiger partial charge in [-0.25, -0.2) is 0 Å². The van der Waals surface area contributed by atoms with Gasteiger partial charge in [-0.3, -0.25) is 9.59 Å². The lowest BCUT2D eigenvalue weighted by molar-refractivity contribution is 0.0748. The average Bonchev–Trinajstić information content (AvgIpc) is 3.31. The van der Waals surface area contributed by atoms with Crippen LogP contribution >= 0.6 is 0 Å². The van der Waals surface area contributed by atoms with Crippen LogP contribution in [0.3, 0.4) is 0 Å². The largest absolute Gasteiger partial charge is 0.368 e. The summed E-state index contributed by atoms with van der Waals surface area (Å²) < 4.78 is 5.34. The third kappa shape index (κ3) is 4.66. The number of carbonyl (C=O) groups is 2. The highest BCUT2D eigenvalue weighted by Gasteiger charge is 2.26. The van der Waals surface area contributed by atoms with Gasteiger partial charge in [0.15, 0.2) is 0 Å². The molecule has 1 aliphatic rings. The van der Waals surface area contributed by atoms with Crippen molar-refractivity contribution in [3.05, 3.63) is 102 Å². The van der Waals surface area contributed by atoms with Crippen LogP contribution in [0.2, 0.25) is 0 Å². The molecule has 7 heteroatoms. The summed E-state index contributed by atoms with van der Waals surface area (Å²) in [6, 6.07) is 26.7. The molecule has 1 aliphatic heterocycles. The molecule has 1 aromatic heterocycles. The second-order valence-electron chi connectivity index (χ2n) is 8.44. The minimum absolute atomic E-state index is 0.0982. The maximum absolute atomic E-state index is 13.4. The van der Waals surface area contributed by atoms with Crippen molar-refractivity contribution in [3.8, 4) is 11.3 Å². The Morgan fingerprint density at radius 3 is 2.17 bits per heavy atom. The van der Waals surface area contributed by atoms with E-state index in [4.69, 9.17) is 4.52 Å². The van der Waals surface area contributed by atoms with Crippen LogP contribution in [0.1, 0.15) is 26.5 Å². The van der Waals surface area contributed by atoms with Crippen molar-refractivity contribution in [2.75, 3.05) is 36.4 Å². The Morgan fingerprint density at radius 2 is 1.46 bits per heavy atom. The number of anilines is 2. The SMILES string of the molecule is Cc1onc(-c2ccccc2)c1C(=O)Nc1ccccc1C(=O)N1CCN(c2ccccc2)CC1. The van der Waals surface area contributed by atoms with E-state index in [9.17, 15) is 9.59 Å². The van der Waals surface area contributed by atoms with Crippen molar-refractivity contribution >= 4 is 23.2 Å². The molecule has 3 aromatic carbocycles. The van der Waals surface area contributed by atoms with Gasteiger partial charge in [0.25, 0.3) is 11.8 Å². The number of hydrogen-bond acceptors (Lipinski definition) is 5. The molecule has 1 saturated heterocycles. The molecule has 0 saturated carbocycles. The number of hydrogen-bond donors (Lipinski definition) is 1. The zero-order valence-electron chi connectivity index (χ0n) is 19.5. The normalized spacial score (nSPS) is 13.5. The Balaban J connectivity index is 1.33. The second-order valence-corrected chi connectivity index (χ2v) is 8.44. The van der Waals surface area contributed by atoms with Gasteiger partial charge in [-0.2, -0.15) is 0 Å². The van der Waals surface area contributed by atoms with Gasteiger partial charge in [-0.15, -0.1) is 0 Å². The van der Waals surface area contributed by atoms with Crippen LogP contribution in [0, 0.1) is 6.92 Å². The van der Waals surface area contributed by atoms with Crippen molar-refractivity contribution < 1.29 is 14.1 Å². The fourth-order valence-electron chi connectivity index (χ4n) is 4.37. The molecule has 5 rings (SSSR count). The number of piperazine rings is 1. The lowest BCUT2D eigenvalue weighted by Crippen LogP contribution is -2.48. The Morgan fingerprint density at radius 1 is 0.829 bits per heavy atom. The number of nitrogens with one attached hydrogen (secondary N) is 1. The van der Waals surface area contributed by atoms with E-state index in [1.165, 1.54) is 0 Å². The first-order valence-electron chi connectivity index (χ1n) is 11.6. The predicted molar refractivity (Wildman–Crippen MR) is 136 cm³/mol. The standard InChI is InChI=1S/C28H26N4O3/c1-20-25(26(30-35-20)21-10-4-2-5-11-21)27(33)29-24-15-9-8-14-23(24)28(34)32-18-16-31(17-19-32)22-12-6-3-7-13-22/h2-15H,16-19H2,1H3,(H,29,33). The van der Waals surface area contributed by atoms with Gasteiger partial charge in [0, 0.05) is 37.4 Å². The number of nitrogens with zero attached hydrogens (tertiary/aromatic N) is 3. The molecular formula is C28H26N4O3. The molecule has 1 fully saturated rings. The second kappa shape index (κ2) is 9.85. The van der Waals surface area contributed by atoms with Crippen molar-refractivity contribution in [3.63, 3.8) is 0 Å². The van der Waals surface area contributed by atoms with Crippen LogP contribution < -0.4 is 10.2 Å². The van der Waals surface area contributed by atoms with Crippen LogP contribution in [0.15, 0.2) is 89.5 Å².